The van der Waals surface area contributed by atoms with Crippen LogP contribution in [0.15, 0.2) is 23.0 Å². The van der Waals surface area contributed by atoms with Gasteiger partial charge in [0.2, 0.25) is 0 Å². The summed E-state index contributed by atoms with van der Waals surface area (Å²) in [6, 6.07) is 2.10. The molecule has 3 nitrogen and oxygen atoms in total. The number of aliphatic hydroxyl groups is 1. The fraction of sp³-hybridized carbons (Fsp3) is 0.533. The maximum absolute atomic E-state index is 10.4. The normalized spacial score (nSPS) is 18.2. The fourth-order valence-corrected chi connectivity index (χ4v) is 4.31. The molecule has 0 bridgehead atoms. The third kappa shape index (κ3) is 3.47. The van der Waals surface area contributed by atoms with E-state index in [1.807, 2.05) is 6.20 Å². The first-order chi connectivity index (χ1) is 9.75. The zero-order valence-corrected chi connectivity index (χ0v) is 13.1. The molecule has 1 saturated carbocycles. The molecule has 1 aliphatic rings. The molecule has 0 amide bonds. The molecule has 108 valence electrons. The molecule has 20 heavy (non-hydrogen) atoms. The maximum atomic E-state index is 10.4. The summed E-state index contributed by atoms with van der Waals surface area (Å²) in [7, 11) is 0. The Hall–Kier alpha value is -0.750. The van der Waals surface area contributed by atoms with Crippen molar-refractivity contribution < 1.29 is 5.11 Å². The number of nitrogens with zero attached hydrogens (tertiary/aromatic N) is 1. The van der Waals surface area contributed by atoms with Gasteiger partial charge in [-0.3, -0.25) is 0 Å². The van der Waals surface area contributed by atoms with Gasteiger partial charge >= 0.3 is 0 Å². The lowest BCUT2D eigenvalue weighted by atomic mass is 9.85. The second kappa shape index (κ2) is 6.35. The lowest BCUT2D eigenvalue weighted by Gasteiger charge is -2.32. The molecule has 2 aromatic rings. The quantitative estimate of drug-likeness (QED) is 0.886. The van der Waals surface area contributed by atoms with Crippen LogP contribution in [0.2, 0.25) is 0 Å². The number of hydrogen-bond donors (Lipinski definition) is 2. The minimum atomic E-state index is -0.487. The van der Waals surface area contributed by atoms with E-state index in [0.717, 1.165) is 37.2 Å². The zero-order valence-electron chi connectivity index (χ0n) is 11.5. The van der Waals surface area contributed by atoms with E-state index >= 15 is 0 Å². The first-order valence-electron chi connectivity index (χ1n) is 7.16. The van der Waals surface area contributed by atoms with E-state index in [4.69, 9.17) is 0 Å². The molecule has 1 aliphatic carbocycles. The zero-order chi connectivity index (χ0) is 13.8. The van der Waals surface area contributed by atoms with Crippen molar-refractivity contribution in [1.29, 1.82) is 0 Å². The Morgan fingerprint density at radius 2 is 2.15 bits per heavy atom. The summed E-state index contributed by atoms with van der Waals surface area (Å²) in [5.41, 5.74) is 0.719. The largest absolute Gasteiger partial charge is 0.389 e. The van der Waals surface area contributed by atoms with Crippen LogP contribution >= 0.6 is 22.7 Å². The van der Waals surface area contributed by atoms with E-state index in [-0.39, 0.29) is 0 Å². The second-order valence-electron chi connectivity index (χ2n) is 5.53. The van der Waals surface area contributed by atoms with E-state index in [2.05, 4.69) is 27.1 Å². The molecule has 3 rings (SSSR count). The van der Waals surface area contributed by atoms with Crippen molar-refractivity contribution in [2.24, 2.45) is 0 Å². The highest BCUT2D eigenvalue weighted by atomic mass is 32.1. The average Bonchev–Trinajstić information content (AvgIpc) is 3.09. The molecule has 5 heteroatoms. The number of rotatable bonds is 5. The van der Waals surface area contributed by atoms with Crippen molar-refractivity contribution in [3.63, 3.8) is 0 Å². The van der Waals surface area contributed by atoms with Crippen molar-refractivity contribution >= 4 is 22.7 Å². The highest BCUT2D eigenvalue weighted by Crippen LogP contribution is 2.28. The van der Waals surface area contributed by atoms with E-state index in [9.17, 15) is 5.11 Å². The first kappa shape index (κ1) is 14.2. The molecule has 0 unspecified atom stereocenters. The van der Waals surface area contributed by atoms with E-state index < -0.39 is 5.60 Å². The highest BCUT2D eigenvalue weighted by Gasteiger charge is 2.28. The standard InChI is InChI=1S/C15H20N2OS2/c18-15(5-2-1-3-6-15)11-16-8-13-9-17-14(20-13)12-4-7-19-10-12/h4,7,9-10,16,18H,1-3,5-6,8,11H2. The lowest BCUT2D eigenvalue weighted by molar-refractivity contribution is 0.00472. The molecular weight excluding hydrogens is 288 g/mol. The number of aromatic nitrogens is 1. The predicted molar refractivity (Wildman–Crippen MR) is 85.2 cm³/mol. The molecule has 0 spiro atoms. The Morgan fingerprint density at radius 3 is 2.90 bits per heavy atom. The second-order valence-corrected chi connectivity index (χ2v) is 7.43. The summed E-state index contributed by atoms with van der Waals surface area (Å²) in [5.74, 6) is 0. The Morgan fingerprint density at radius 1 is 1.30 bits per heavy atom. The molecule has 0 aliphatic heterocycles. The van der Waals surface area contributed by atoms with Gasteiger partial charge in [0.1, 0.15) is 5.01 Å². The Labute approximate surface area is 127 Å². The van der Waals surface area contributed by atoms with Crippen LogP contribution in [0.3, 0.4) is 0 Å². The summed E-state index contributed by atoms with van der Waals surface area (Å²) >= 11 is 3.43. The van der Waals surface area contributed by atoms with Crippen molar-refractivity contribution in [2.45, 2.75) is 44.2 Å². The van der Waals surface area contributed by atoms with Gasteiger partial charge in [-0.05, 0) is 24.3 Å². The van der Waals surface area contributed by atoms with Crippen molar-refractivity contribution in [3.8, 4) is 10.6 Å². The minimum absolute atomic E-state index is 0.487. The van der Waals surface area contributed by atoms with Gasteiger partial charge in [0, 0.05) is 35.1 Å². The van der Waals surface area contributed by atoms with Gasteiger partial charge in [-0.25, -0.2) is 4.98 Å². The molecule has 2 N–H and O–H groups in total. The Bertz CT molecular complexity index is 530. The molecule has 2 heterocycles. The molecule has 0 radical (unpaired) electrons. The fourth-order valence-electron chi connectivity index (χ4n) is 2.71. The van der Waals surface area contributed by atoms with E-state index in [1.165, 1.54) is 16.9 Å². The van der Waals surface area contributed by atoms with Crippen LogP contribution in [0.5, 0.6) is 0 Å². The van der Waals surface area contributed by atoms with Gasteiger partial charge < -0.3 is 10.4 Å². The van der Waals surface area contributed by atoms with Crippen molar-refractivity contribution in [3.05, 3.63) is 27.9 Å². The van der Waals surface area contributed by atoms with Crippen LogP contribution in [0.4, 0.5) is 0 Å². The number of hydrogen-bond acceptors (Lipinski definition) is 5. The van der Waals surface area contributed by atoms with Crippen LogP contribution in [0.1, 0.15) is 37.0 Å². The van der Waals surface area contributed by atoms with Crippen LogP contribution in [0, 0.1) is 0 Å². The summed E-state index contributed by atoms with van der Waals surface area (Å²) in [4.78, 5) is 5.69. The van der Waals surface area contributed by atoms with Gasteiger partial charge in [0.05, 0.1) is 5.60 Å². The summed E-state index contributed by atoms with van der Waals surface area (Å²) in [5, 5.41) is 19.1. The van der Waals surface area contributed by atoms with Gasteiger partial charge in [-0.2, -0.15) is 11.3 Å². The topological polar surface area (TPSA) is 45.1 Å². The average molecular weight is 308 g/mol. The number of nitrogens with one attached hydrogen (secondary N) is 1. The molecule has 0 aromatic carbocycles. The third-order valence-corrected chi connectivity index (χ3v) is 5.59. The smallest absolute Gasteiger partial charge is 0.124 e. The van der Waals surface area contributed by atoms with Crippen LogP contribution in [0.25, 0.3) is 10.6 Å². The molecule has 0 atom stereocenters. The SMILES string of the molecule is OC1(CNCc2cnc(-c3ccsc3)s2)CCCCC1. The van der Waals surface area contributed by atoms with Crippen LogP contribution < -0.4 is 5.32 Å². The first-order valence-corrected chi connectivity index (χ1v) is 8.92. The monoisotopic (exact) mass is 308 g/mol. The molecular formula is C15H20N2OS2. The van der Waals surface area contributed by atoms with Gasteiger partial charge in [-0.15, -0.1) is 11.3 Å². The van der Waals surface area contributed by atoms with Crippen LogP contribution in [-0.2, 0) is 6.54 Å². The highest BCUT2D eigenvalue weighted by molar-refractivity contribution is 7.15. The van der Waals surface area contributed by atoms with Gasteiger partial charge in [-0.1, -0.05) is 19.3 Å². The molecule has 1 fully saturated rings. The lowest BCUT2D eigenvalue weighted by Crippen LogP contribution is -2.41. The number of thiophene rings is 1. The summed E-state index contributed by atoms with van der Waals surface area (Å²) in [6.45, 7) is 1.49. The maximum Gasteiger partial charge on any atom is 0.124 e. The van der Waals surface area contributed by atoms with Crippen LogP contribution in [-0.4, -0.2) is 22.2 Å². The minimum Gasteiger partial charge on any atom is -0.389 e. The van der Waals surface area contributed by atoms with E-state index in [0.29, 0.717) is 6.54 Å². The van der Waals surface area contributed by atoms with Crippen molar-refractivity contribution in [1.82, 2.24) is 10.3 Å². The third-order valence-electron chi connectivity index (χ3n) is 3.86. The summed E-state index contributed by atoms with van der Waals surface area (Å²) < 4.78 is 0. The van der Waals surface area contributed by atoms with E-state index in [1.54, 1.807) is 22.7 Å². The summed E-state index contributed by atoms with van der Waals surface area (Å²) in [6.07, 6.45) is 7.38. The van der Waals surface area contributed by atoms with Gasteiger partial charge in [0.15, 0.2) is 0 Å². The predicted octanol–water partition coefficient (Wildman–Crippen LogP) is 3.66. The molecule has 0 saturated heterocycles. The molecule has 2 aromatic heterocycles. The van der Waals surface area contributed by atoms with Gasteiger partial charge in [0.25, 0.3) is 0 Å². The number of thiazole rings is 1. The Kier molecular flexibility index (Phi) is 4.51. The van der Waals surface area contributed by atoms with Crippen molar-refractivity contribution in [2.75, 3.05) is 6.54 Å². The Balaban J connectivity index is 1.51.